The van der Waals surface area contributed by atoms with Crippen molar-refractivity contribution in [1.29, 1.82) is 0 Å². The molecule has 0 aliphatic carbocycles. The largest absolute Gasteiger partial charge is 0.488 e. The lowest BCUT2D eigenvalue weighted by molar-refractivity contribution is 0.277. The number of aromatic nitrogens is 2. The van der Waals surface area contributed by atoms with E-state index in [-0.39, 0.29) is 0 Å². The fourth-order valence-corrected chi connectivity index (χ4v) is 3.26. The molecule has 2 heterocycles. The quantitative estimate of drug-likeness (QED) is 0.631. The van der Waals surface area contributed by atoms with Crippen LogP contribution in [0.1, 0.15) is 30.3 Å². The van der Waals surface area contributed by atoms with Gasteiger partial charge in [-0.2, -0.15) is 0 Å². The number of ether oxygens (including phenoxy) is 2. The van der Waals surface area contributed by atoms with Crippen LogP contribution < -0.4 is 10.1 Å². The molecule has 0 spiro atoms. The maximum absolute atomic E-state index is 5.93. The van der Waals surface area contributed by atoms with Crippen molar-refractivity contribution in [3.05, 3.63) is 59.5 Å². The average Bonchev–Trinajstić information content (AvgIpc) is 3.17. The van der Waals surface area contributed by atoms with Crippen molar-refractivity contribution < 1.29 is 9.47 Å². The smallest absolute Gasteiger partial charge is 0.127 e. The van der Waals surface area contributed by atoms with E-state index < -0.39 is 0 Å². The van der Waals surface area contributed by atoms with Crippen LogP contribution in [-0.4, -0.2) is 30.7 Å². The van der Waals surface area contributed by atoms with Crippen LogP contribution in [0, 0.1) is 6.92 Å². The molecule has 3 aromatic rings. The highest BCUT2D eigenvalue weighted by molar-refractivity contribution is 5.78. The van der Waals surface area contributed by atoms with Crippen LogP contribution in [0.3, 0.4) is 0 Å². The van der Waals surface area contributed by atoms with Gasteiger partial charge in [-0.3, -0.25) is 0 Å². The number of hydrogen-bond donors (Lipinski definition) is 2. The summed E-state index contributed by atoms with van der Waals surface area (Å²) in [5.74, 6) is 1.94. The Hall–Kier alpha value is -2.63. The van der Waals surface area contributed by atoms with Crippen LogP contribution in [0.15, 0.2) is 42.6 Å². The molecule has 0 amide bonds. The molecule has 1 aromatic heterocycles. The molecule has 0 atom stereocenters. The summed E-state index contributed by atoms with van der Waals surface area (Å²) in [4.78, 5) is 7.88. The highest BCUT2D eigenvalue weighted by Gasteiger charge is 2.18. The van der Waals surface area contributed by atoms with Gasteiger partial charge in [-0.05, 0) is 54.8 Å². The summed E-state index contributed by atoms with van der Waals surface area (Å²) in [5.41, 5.74) is 7.10. The molecule has 2 aromatic carbocycles. The van der Waals surface area contributed by atoms with Gasteiger partial charge in [-0.25, -0.2) is 4.98 Å². The first-order valence-corrected chi connectivity index (χ1v) is 9.68. The van der Waals surface area contributed by atoms with Crippen molar-refractivity contribution in [2.45, 2.75) is 33.4 Å². The van der Waals surface area contributed by atoms with Gasteiger partial charge in [-0.15, -0.1) is 0 Å². The Morgan fingerprint density at radius 3 is 2.75 bits per heavy atom. The van der Waals surface area contributed by atoms with E-state index in [1.807, 2.05) is 6.20 Å². The minimum atomic E-state index is 0.609. The fourth-order valence-electron chi connectivity index (χ4n) is 3.26. The van der Waals surface area contributed by atoms with E-state index in [4.69, 9.17) is 4.74 Å². The summed E-state index contributed by atoms with van der Waals surface area (Å²) >= 11 is 0. The molecule has 0 fully saturated rings. The van der Waals surface area contributed by atoms with Gasteiger partial charge in [0.1, 0.15) is 18.2 Å². The summed E-state index contributed by atoms with van der Waals surface area (Å²) < 4.78 is 10.2. The van der Waals surface area contributed by atoms with Gasteiger partial charge in [0.05, 0.1) is 18.4 Å². The Balaban J connectivity index is 0.000000706. The maximum Gasteiger partial charge on any atom is 0.127 e. The monoisotopic (exact) mass is 379 g/mol. The minimum absolute atomic E-state index is 0.609. The molecule has 0 saturated heterocycles. The van der Waals surface area contributed by atoms with Gasteiger partial charge in [0, 0.05) is 19.8 Å². The van der Waals surface area contributed by atoms with Crippen molar-refractivity contribution in [2.75, 3.05) is 20.8 Å². The summed E-state index contributed by atoms with van der Waals surface area (Å²) in [5, 5.41) is 3.37. The van der Waals surface area contributed by atoms with Gasteiger partial charge in [0.25, 0.3) is 0 Å². The molecule has 4 rings (SSSR count). The molecule has 1 aliphatic rings. The van der Waals surface area contributed by atoms with E-state index in [1.165, 1.54) is 22.3 Å². The normalized spacial score (nSPS) is 11.7. The highest BCUT2D eigenvalue weighted by Crippen LogP contribution is 2.39. The van der Waals surface area contributed by atoms with Gasteiger partial charge in [0.2, 0.25) is 0 Å². The number of aromatic amines is 1. The molecule has 5 heteroatoms. The number of hydrogen-bond acceptors (Lipinski definition) is 4. The Bertz CT molecular complexity index is 918. The van der Waals surface area contributed by atoms with E-state index in [0.29, 0.717) is 6.61 Å². The zero-order valence-corrected chi connectivity index (χ0v) is 17.1. The molecule has 5 nitrogen and oxygen atoms in total. The zero-order valence-electron chi connectivity index (χ0n) is 17.1. The van der Waals surface area contributed by atoms with Crippen LogP contribution in [0.2, 0.25) is 0 Å². The van der Waals surface area contributed by atoms with Gasteiger partial charge < -0.3 is 19.8 Å². The van der Waals surface area contributed by atoms with Crippen molar-refractivity contribution in [3.63, 3.8) is 0 Å². The second kappa shape index (κ2) is 9.53. The Kier molecular flexibility index (Phi) is 6.85. The lowest BCUT2D eigenvalue weighted by Gasteiger charge is -2.21. The third kappa shape index (κ3) is 4.61. The number of H-pyrrole nitrogens is 1. The fraction of sp³-hybridized carbons (Fsp3) is 0.348. The Morgan fingerprint density at radius 1 is 1.14 bits per heavy atom. The SMILES string of the molecule is CCCNCc1ncc(-c2ccc3c(c2)COc2ccc(C)cc2-3)[nH]1.COC. The van der Waals surface area contributed by atoms with Gasteiger partial charge in [0.15, 0.2) is 0 Å². The molecule has 1 aliphatic heterocycles. The second-order valence-electron chi connectivity index (χ2n) is 6.99. The van der Waals surface area contributed by atoms with Crippen LogP contribution in [0.5, 0.6) is 5.75 Å². The predicted molar refractivity (Wildman–Crippen MR) is 113 cm³/mol. The number of rotatable bonds is 5. The minimum Gasteiger partial charge on any atom is -0.488 e. The number of nitrogens with one attached hydrogen (secondary N) is 2. The Morgan fingerprint density at radius 2 is 1.96 bits per heavy atom. The topological polar surface area (TPSA) is 59.2 Å². The van der Waals surface area contributed by atoms with Crippen molar-refractivity contribution in [2.24, 2.45) is 0 Å². The van der Waals surface area contributed by atoms with Gasteiger partial charge >= 0.3 is 0 Å². The molecule has 28 heavy (non-hydrogen) atoms. The Labute approximate surface area is 167 Å². The maximum atomic E-state index is 5.93. The van der Waals surface area contributed by atoms with E-state index in [2.05, 4.69) is 70.3 Å². The van der Waals surface area contributed by atoms with E-state index >= 15 is 0 Å². The molecular formula is C23H29N3O2. The number of aryl methyl sites for hydroxylation is 1. The van der Waals surface area contributed by atoms with Crippen molar-refractivity contribution in [1.82, 2.24) is 15.3 Å². The second-order valence-corrected chi connectivity index (χ2v) is 6.99. The van der Waals surface area contributed by atoms with Gasteiger partial charge in [-0.1, -0.05) is 30.7 Å². The van der Waals surface area contributed by atoms with E-state index in [9.17, 15) is 0 Å². The standard InChI is InChI=1S/C21H23N3O.C2H6O/c1-3-8-22-12-21-23-11-19(24-21)15-5-6-17-16(10-15)13-25-20-7-4-14(2)9-18(17)20;1-3-2/h4-7,9-11,22H,3,8,12-13H2,1-2H3,(H,23,24);1-2H3. The molecule has 0 radical (unpaired) electrons. The summed E-state index contributed by atoms with van der Waals surface area (Å²) in [7, 11) is 3.25. The van der Waals surface area contributed by atoms with E-state index in [1.54, 1.807) is 14.2 Å². The van der Waals surface area contributed by atoms with Crippen molar-refractivity contribution >= 4 is 0 Å². The third-order valence-corrected chi connectivity index (χ3v) is 4.57. The first-order chi connectivity index (χ1) is 13.7. The number of benzene rings is 2. The number of nitrogens with zero attached hydrogens (tertiary/aromatic N) is 1. The molecule has 0 saturated carbocycles. The first kappa shape index (κ1) is 20.1. The highest BCUT2D eigenvalue weighted by atomic mass is 16.5. The number of imidazole rings is 1. The average molecular weight is 380 g/mol. The molecular weight excluding hydrogens is 350 g/mol. The summed E-state index contributed by atoms with van der Waals surface area (Å²) in [6, 6.07) is 12.9. The summed E-state index contributed by atoms with van der Waals surface area (Å²) in [6.45, 7) is 6.66. The lowest BCUT2D eigenvalue weighted by Crippen LogP contribution is -2.14. The molecule has 148 valence electrons. The van der Waals surface area contributed by atoms with Crippen LogP contribution >= 0.6 is 0 Å². The molecule has 0 bridgehead atoms. The number of methoxy groups -OCH3 is 1. The summed E-state index contributed by atoms with van der Waals surface area (Å²) in [6.07, 6.45) is 3.03. The van der Waals surface area contributed by atoms with Crippen LogP contribution in [0.25, 0.3) is 22.4 Å². The van der Waals surface area contributed by atoms with Crippen LogP contribution in [0.4, 0.5) is 0 Å². The lowest BCUT2D eigenvalue weighted by atomic mass is 9.93. The zero-order chi connectivity index (χ0) is 19.9. The van der Waals surface area contributed by atoms with Crippen molar-refractivity contribution in [3.8, 4) is 28.1 Å². The third-order valence-electron chi connectivity index (χ3n) is 4.57. The molecule has 0 unspecified atom stereocenters. The predicted octanol–water partition coefficient (Wildman–Crippen LogP) is 4.71. The molecule has 2 N–H and O–H groups in total. The van der Waals surface area contributed by atoms with E-state index in [0.717, 1.165) is 42.3 Å². The first-order valence-electron chi connectivity index (χ1n) is 9.68. The van der Waals surface area contributed by atoms with Crippen LogP contribution in [-0.2, 0) is 17.9 Å². The number of fused-ring (bicyclic) bond motifs is 3.